The summed E-state index contributed by atoms with van der Waals surface area (Å²) in [7, 11) is 2.00. The maximum Gasteiger partial charge on any atom is 0.128 e. The standard InChI is InChI=1S/C14H20BrNO/c1-5-12-13(16-4)11-7-9(15)6-10(8(2)3)14(11)17-12/h6-8,12-13,16H,5H2,1-4H3. The summed E-state index contributed by atoms with van der Waals surface area (Å²) in [6, 6.07) is 4.66. The molecule has 0 amide bonds. The first-order chi connectivity index (χ1) is 8.08. The molecule has 1 heterocycles. The van der Waals surface area contributed by atoms with Gasteiger partial charge in [-0.05, 0) is 37.1 Å². The number of hydrogen-bond donors (Lipinski definition) is 1. The predicted molar refractivity (Wildman–Crippen MR) is 74.7 cm³/mol. The Labute approximate surface area is 112 Å². The van der Waals surface area contributed by atoms with Crippen LogP contribution in [0.1, 0.15) is 50.3 Å². The molecule has 2 nitrogen and oxygen atoms in total. The number of benzene rings is 1. The molecule has 3 heteroatoms. The molecule has 0 aromatic heterocycles. The summed E-state index contributed by atoms with van der Waals surface area (Å²) < 4.78 is 7.26. The molecule has 2 unspecified atom stereocenters. The summed E-state index contributed by atoms with van der Waals surface area (Å²) >= 11 is 3.60. The van der Waals surface area contributed by atoms with Crippen molar-refractivity contribution < 1.29 is 4.74 Å². The van der Waals surface area contributed by atoms with Gasteiger partial charge in [-0.1, -0.05) is 36.7 Å². The van der Waals surface area contributed by atoms with Crippen molar-refractivity contribution in [3.63, 3.8) is 0 Å². The van der Waals surface area contributed by atoms with Crippen molar-refractivity contribution in [3.8, 4) is 5.75 Å². The third-order valence-corrected chi connectivity index (χ3v) is 3.88. The Morgan fingerprint density at radius 1 is 1.41 bits per heavy atom. The monoisotopic (exact) mass is 297 g/mol. The summed E-state index contributed by atoms with van der Waals surface area (Å²) in [5.74, 6) is 1.57. The lowest BCUT2D eigenvalue weighted by molar-refractivity contribution is 0.188. The molecular formula is C14H20BrNO. The van der Waals surface area contributed by atoms with Gasteiger partial charge in [0.2, 0.25) is 0 Å². The Morgan fingerprint density at radius 3 is 2.65 bits per heavy atom. The summed E-state index contributed by atoms with van der Waals surface area (Å²) in [5, 5.41) is 3.37. The van der Waals surface area contributed by atoms with Gasteiger partial charge in [-0.15, -0.1) is 0 Å². The van der Waals surface area contributed by atoms with E-state index < -0.39 is 0 Å². The SMILES string of the molecule is CCC1Oc2c(C(C)C)cc(Br)cc2C1NC. The molecule has 2 rings (SSSR count). The molecule has 1 aliphatic heterocycles. The zero-order chi connectivity index (χ0) is 12.6. The predicted octanol–water partition coefficient (Wildman–Crippen LogP) is 4.00. The van der Waals surface area contributed by atoms with Crippen molar-refractivity contribution in [1.29, 1.82) is 0 Å². The summed E-state index contributed by atoms with van der Waals surface area (Å²) in [6.07, 6.45) is 1.27. The number of rotatable bonds is 3. The first-order valence-electron chi connectivity index (χ1n) is 6.25. The molecule has 0 spiro atoms. The van der Waals surface area contributed by atoms with Gasteiger partial charge in [-0.25, -0.2) is 0 Å². The smallest absolute Gasteiger partial charge is 0.128 e. The Kier molecular flexibility index (Phi) is 3.79. The van der Waals surface area contributed by atoms with E-state index in [9.17, 15) is 0 Å². The zero-order valence-electron chi connectivity index (χ0n) is 10.9. The van der Waals surface area contributed by atoms with Crippen molar-refractivity contribution in [3.05, 3.63) is 27.7 Å². The topological polar surface area (TPSA) is 21.3 Å². The van der Waals surface area contributed by atoms with Crippen LogP contribution < -0.4 is 10.1 Å². The van der Waals surface area contributed by atoms with E-state index in [0.717, 1.165) is 16.6 Å². The third-order valence-electron chi connectivity index (χ3n) is 3.42. The van der Waals surface area contributed by atoms with Gasteiger partial charge in [-0.3, -0.25) is 0 Å². The van der Waals surface area contributed by atoms with Crippen LogP contribution in [-0.4, -0.2) is 13.2 Å². The first-order valence-corrected chi connectivity index (χ1v) is 7.05. The average molecular weight is 298 g/mol. The second-order valence-corrected chi connectivity index (χ2v) is 5.81. The van der Waals surface area contributed by atoms with Crippen LogP contribution in [0.4, 0.5) is 0 Å². The molecule has 0 radical (unpaired) electrons. The Hall–Kier alpha value is -0.540. The first kappa shape index (κ1) is 12.9. The largest absolute Gasteiger partial charge is 0.488 e. The zero-order valence-corrected chi connectivity index (χ0v) is 12.5. The maximum atomic E-state index is 6.12. The third kappa shape index (κ3) is 2.23. The van der Waals surface area contributed by atoms with E-state index in [1.165, 1.54) is 11.1 Å². The van der Waals surface area contributed by atoms with Crippen molar-refractivity contribution >= 4 is 15.9 Å². The summed E-state index contributed by atoms with van der Waals surface area (Å²) in [4.78, 5) is 0. The molecule has 17 heavy (non-hydrogen) atoms. The van der Waals surface area contributed by atoms with Crippen LogP contribution in [-0.2, 0) is 0 Å². The van der Waals surface area contributed by atoms with Gasteiger partial charge in [0.05, 0.1) is 6.04 Å². The number of likely N-dealkylation sites (N-methyl/N-ethyl adjacent to an activating group) is 1. The molecule has 1 aliphatic rings. The van der Waals surface area contributed by atoms with Crippen LogP contribution in [0, 0.1) is 0 Å². The quantitative estimate of drug-likeness (QED) is 0.910. The van der Waals surface area contributed by atoms with Crippen molar-refractivity contribution in [2.24, 2.45) is 0 Å². The van der Waals surface area contributed by atoms with Gasteiger partial charge in [-0.2, -0.15) is 0 Å². The van der Waals surface area contributed by atoms with Crippen LogP contribution in [0.15, 0.2) is 16.6 Å². The van der Waals surface area contributed by atoms with Gasteiger partial charge in [0.1, 0.15) is 11.9 Å². The van der Waals surface area contributed by atoms with Gasteiger partial charge in [0, 0.05) is 10.0 Å². The van der Waals surface area contributed by atoms with Crippen LogP contribution in [0.5, 0.6) is 5.75 Å². The molecule has 0 aliphatic carbocycles. The van der Waals surface area contributed by atoms with Gasteiger partial charge in [0.15, 0.2) is 0 Å². The molecule has 0 saturated heterocycles. The highest BCUT2D eigenvalue weighted by Crippen LogP contribution is 2.44. The van der Waals surface area contributed by atoms with E-state index >= 15 is 0 Å². The summed E-state index contributed by atoms with van der Waals surface area (Å²) in [5.41, 5.74) is 2.59. The lowest BCUT2D eigenvalue weighted by Gasteiger charge is -2.16. The maximum absolute atomic E-state index is 6.12. The fourth-order valence-electron chi connectivity index (χ4n) is 2.51. The van der Waals surface area contributed by atoms with Crippen LogP contribution in [0.2, 0.25) is 0 Å². The number of halogens is 1. The molecule has 0 saturated carbocycles. The Balaban J connectivity index is 2.52. The van der Waals surface area contributed by atoms with E-state index in [0.29, 0.717) is 12.0 Å². The highest BCUT2D eigenvalue weighted by Gasteiger charge is 2.34. The molecule has 94 valence electrons. The van der Waals surface area contributed by atoms with E-state index in [-0.39, 0.29) is 6.10 Å². The molecule has 1 N–H and O–H groups in total. The van der Waals surface area contributed by atoms with E-state index in [4.69, 9.17) is 4.74 Å². The minimum atomic E-state index is 0.252. The lowest BCUT2D eigenvalue weighted by Crippen LogP contribution is -2.27. The molecule has 1 aromatic carbocycles. The number of nitrogens with one attached hydrogen (secondary N) is 1. The minimum absolute atomic E-state index is 0.252. The second-order valence-electron chi connectivity index (χ2n) is 4.90. The van der Waals surface area contributed by atoms with Crippen LogP contribution >= 0.6 is 15.9 Å². The highest BCUT2D eigenvalue weighted by molar-refractivity contribution is 9.10. The molecule has 0 fully saturated rings. The molecular weight excluding hydrogens is 278 g/mol. The normalized spacial score (nSPS) is 22.7. The van der Waals surface area contributed by atoms with E-state index in [1.807, 2.05) is 7.05 Å². The van der Waals surface area contributed by atoms with Gasteiger partial charge in [0.25, 0.3) is 0 Å². The number of hydrogen-bond acceptors (Lipinski definition) is 2. The molecule has 1 aromatic rings. The molecule has 2 atom stereocenters. The highest BCUT2D eigenvalue weighted by atomic mass is 79.9. The van der Waals surface area contributed by atoms with E-state index in [2.05, 4.69) is 54.2 Å². The van der Waals surface area contributed by atoms with Crippen molar-refractivity contribution in [2.75, 3.05) is 7.05 Å². The van der Waals surface area contributed by atoms with Gasteiger partial charge < -0.3 is 10.1 Å². The number of ether oxygens (including phenoxy) is 1. The second kappa shape index (κ2) is 4.99. The minimum Gasteiger partial charge on any atom is -0.488 e. The Bertz CT molecular complexity index is 417. The van der Waals surface area contributed by atoms with Gasteiger partial charge >= 0.3 is 0 Å². The summed E-state index contributed by atoms with van der Waals surface area (Å²) in [6.45, 7) is 6.59. The van der Waals surface area contributed by atoms with E-state index in [1.54, 1.807) is 0 Å². The fraction of sp³-hybridized carbons (Fsp3) is 0.571. The van der Waals surface area contributed by atoms with Crippen LogP contribution in [0.3, 0.4) is 0 Å². The average Bonchev–Trinajstić information content (AvgIpc) is 2.64. The lowest BCUT2D eigenvalue weighted by atomic mass is 9.96. The molecule has 0 bridgehead atoms. The Morgan fingerprint density at radius 2 is 2.12 bits per heavy atom. The van der Waals surface area contributed by atoms with Crippen molar-refractivity contribution in [2.45, 2.75) is 45.3 Å². The fourth-order valence-corrected chi connectivity index (χ4v) is 3.01. The van der Waals surface area contributed by atoms with Crippen LogP contribution in [0.25, 0.3) is 0 Å². The van der Waals surface area contributed by atoms with Crippen molar-refractivity contribution in [1.82, 2.24) is 5.32 Å². The number of fused-ring (bicyclic) bond motifs is 1.